The smallest absolute Gasteiger partial charge is 0.274 e. The van der Waals surface area contributed by atoms with E-state index in [2.05, 4.69) is 57.4 Å². The van der Waals surface area contributed by atoms with Gasteiger partial charge in [-0.2, -0.15) is 0 Å². The van der Waals surface area contributed by atoms with Crippen molar-refractivity contribution in [3.05, 3.63) is 53.7 Å². The van der Waals surface area contributed by atoms with E-state index in [9.17, 15) is 4.79 Å². The molecule has 148 valence electrons. The average Bonchev–Trinajstić information content (AvgIpc) is 2.75. The standard InChI is InChI=1S/C22H29N5O/c1-25-13-15-26(16-14-25)21-8-7-20(23-24-21)22(28)27-11-9-19(10-12-27)17-18-5-3-2-4-6-18/h2-8,19H,9-17H2,1H3. The van der Waals surface area contributed by atoms with Crippen molar-refractivity contribution in [2.75, 3.05) is 51.2 Å². The van der Waals surface area contributed by atoms with E-state index in [1.807, 2.05) is 17.0 Å². The summed E-state index contributed by atoms with van der Waals surface area (Å²) in [5.41, 5.74) is 1.84. The summed E-state index contributed by atoms with van der Waals surface area (Å²) in [6.45, 7) is 5.57. The van der Waals surface area contributed by atoms with Crippen molar-refractivity contribution in [2.24, 2.45) is 5.92 Å². The monoisotopic (exact) mass is 379 g/mol. The van der Waals surface area contributed by atoms with Crippen LogP contribution < -0.4 is 4.90 Å². The average molecular weight is 380 g/mol. The highest BCUT2D eigenvalue weighted by Gasteiger charge is 2.25. The normalized spacial score (nSPS) is 19.0. The molecule has 2 aromatic rings. The number of aromatic nitrogens is 2. The maximum absolute atomic E-state index is 12.8. The van der Waals surface area contributed by atoms with E-state index in [0.29, 0.717) is 11.6 Å². The molecule has 6 heteroatoms. The van der Waals surface area contributed by atoms with Gasteiger partial charge < -0.3 is 14.7 Å². The van der Waals surface area contributed by atoms with Gasteiger partial charge in [0.25, 0.3) is 5.91 Å². The summed E-state index contributed by atoms with van der Waals surface area (Å²) >= 11 is 0. The molecule has 2 fully saturated rings. The Morgan fingerprint density at radius 1 is 0.929 bits per heavy atom. The summed E-state index contributed by atoms with van der Waals surface area (Å²) < 4.78 is 0. The first-order valence-corrected chi connectivity index (χ1v) is 10.3. The molecule has 1 amide bonds. The predicted octanol–water partition coefficient (Wildman–Crippen LogP) is 2.32. The Balaban J connectivity index is 1.30. The van der Waals surface area contributed by atoms with Crippen LogP contribution >= 0.6 is 0 Å². The molecule has 28 heavy (non-hydrogen) atoms. The lowest BCUT2D eigenvalue weighted by molar-refractivity contribution is 0.0683. The molecular weight excluding hydrogens is 350 g/mol. The zero-order chi connectivity index (χ0) is 19.3. The number of carbonyl (C=O) groups excluding carboxylic acids is 1. The topological polar surface area (TPSA) is 52.6 Å². The van der Waals surface area contributed by atoms with Gasteiger partial charge in [-0.05, 0) is 49.9 Å². The van der Waals surface area contributed by atoms with Gasteiger partial charge in [0.15, 0.2) is 11.5 Å². The van der Waals surface area contributed by atoms with Crippen molar-refractivity contribution in [3.8, 4) is 0 Å². The van der Waals surface area contributed by atoms with Crippen LogP contribution in [0.3, 0.4) is 0 Å². The van der Waals surface area contributed by atoms with Crippen molar-refractivity contribution in [1.82, 2.24) is 20.0 Å². The van der Waals surface area contributed by atoms with Crippen LogP contribution in [0.4, 0.5) is 5.82 Å². The van der Waals surface area contributed by atoms with Crippen LogP contribution in [0.5, 0.6) is 0 Å². The van der Waals surface area contributed by atoms with Gasteiger partial charge in [-0.1, -0.05) is 30.3 Å². The maximum atomic E-state index is 12.8. The number of carbonyl (C=O) groups is 1. The number of likely N-dealkylation sites (tertiary alicyclic amines) is 1. The molecule has 0 unspecified atom stereocenters. The molecule has 2 aliphatic heterocycles. The van der Waals surface area contributed by atoms with E-state index < -0.39 is 0 Å². The van der Waals surface area contributed by atoms with Crippen LogP contribution in [0.15, 0.2) is 42.5 Å². The number of benzene rings is 1. The third-order valence-corrected chi connectivity index (χ3v) is 5.97. The second kappa shape index (κ2) is 8.69. The van der Waals surface area contributed by atoms with E-state index in [1.165, 1.54) is 5.56 Å². The van der Waals surface area contributed by atoms with Crippen LogP contribution in [-0.2, 0) is 6.42 Å². The minimum atomic E-state index is 0.00980. The molecule has 2 aliphatic rings. The maximum Gasteiger partial charge on any atom is 0.274 e. The molecule has 0 N–H and O–H groups in total. The summed E-state index contributed by atoms with van der Waals surface area (Å²) in [7, 11) is 2.13. The van der Waals surface area contributed by atoms with Crippen LogP contribution in [0, 0.1) is 5.92 Å². The molecule has 6 nitrogen and oxygen atoms in total. The third-order valence-electron chi connectivity index (χ3n) is 5.97. The Labute approximate surface area is 167 Å². The summed E-state index contributed by atoms with van der Waals surface area (Å²) in [6.07, 6.45) is 3.20. The number of piperazine rings is 1. The lowest BCUT2D eigenvalue weighted by Gasteiger charge is -2.33. The largest absolute Gasteiger partial charge is 0.353 e. The number of piperidine rings is 1. The molecule has 0 aliphatic carbocycles. The Kier molecular flexibility index (Phi) is 5.86. The molecule has 0 bridgehead atoms. The van der Waals surface area contributed by atoms with E-state index in [0.717, 1.165) is 64.3 Å². The first-order valence-electron chi connectivity index (χ1n) is 10.3. The number of nitrogens with zero attached hydrogens (tertiary/aromatic N) is 5. The first kappa shape index (κ1) is 18.9. The van der Waals surface area contributed by atoms with Gasteiger partial charge in [0.1, 0.15) is 0 Å². The molecule has 3 heterocycles. The Hall–Kier alpha value is -2.47. The highest BCUT2D eigenvalue weighted by molar-refractivity contribution is 5.92. The third kappa shape index (κ3) is 4.50. The highest BCUT2D eigenvalue weighted by Crippen LogP contribution is 2.23. The lowest BCUT2D eigenvalue weighted by Crippen LogP contribution is -2.45. The zero-order valence-electron chi connectivity index (χ0n) is 16.6. The summed E-state index contributed by atoms with van der Waals surface area (Å²) in [6, 6.07) is 14.4. The molecule has 1 aromatic carbocycles. The van der Waals surface area contributed by atoms with Crippen molar-refractivity contribution in [2.45, 2.75) is 19.3 Å². The van der Waals surface area contributed by atoms with E-state index in [1.54, 1.807) is 0 Å². The molecule has 0 radical (unpaired) electrons. The molecule has 1 aromatic heterocycles. The fourth-order valence-corrected chi connectivity index (χ4v) is 4.09. The van der Waals surface area contributed by atoms with Gasteiger partial charge in [0.05, 0.1) is 0 Å². The van der Waals surface area contributed by atoms with Crippen LogP contribution in [0.2, 0.25) is 0 Å². The Bertz CT molecular complexity index is 763. The van der Waals surface area contributed by atoms with Crippen LogP contribution in [0.25, 0.3) is 0 Å². The summed E-state index contributed by atoms with van der Waals surface area (Å²) in [5, 5.41) is 8.56. The van der Waals surface area contributed by atoms with Gasteiger partial charge in [0.2, 0.25) is 0 Å². The number of likely N-dealkylation sites (N-methyl/N-ethyl adjacent to an activating group) is 1. The number of rotatable bonds is 4. The van der Waals surface area contributed by atoms with E-state index in [4.69, 9.17) is 0 Å². The van der Waals surface area contributed by atoms with Gasteiger partial charge in [-0.3, -0.25) is 4.79 Å². The first-order chi connectivity index (χ1) is 13.7. The molecular formula is C22H29N5O. The molecule has 2 saturated heterocycles. The summed E-state index contributed by atoms with van der Waals surface area (Å²) in [5.74, 6) is 1.53. The molecule has 0 atom stereocenters. The lowest BCUT2D eigenvalue weighted by atomic mass is 9.90. The summed E-state index contributed by atoms with van der Waals surface area (Å²) in [4.78, 5) is 19.3. The quantitative estimate of drug-likeness (QED) is 0.816. The number of hydrogen-bond donors (Lipinski definition) is 0. The van der Waals surface area contributed by atoms with Gasteiger partial charge in [-0.15, -0.1) is 10.2 Å². The molecule has 0 saturated carbocycles. The fraction of sp³-hybridized carbons (Fsp3) is 0.500. The molecule has 0 spiro atoms. The highest BCUT2D eigenvalue weighted by atomic mass is 16.2. The number of hydrogen-bond acceptors (Lipinski definition) is 5. The van der Waals surface area contributed by atoms with Gasteiger partial charge >= 0.3 is 0 Å². The Morgan fingerprint density at radius 2 is 1.64 bits per heavy atom. The zero-order valence-corrected chi connectivity index (χ0v) is 16.6. The second-order valence-corrected chi connectivity index (χ2v) is 7.99. The second-order valence-electron chi connectivity index (χ2n) is 7.99. The SMILES string of the molecule is CN1CCN(c2ccc(C(=O)N3CCC(Cc4ccccc4)CC3)nn2)CC1. The number of amides is 1. The van der Waals surface area contributed by atoms with Crippen molar-refractivity contribution in [1.29, 1.82) is 0 Å². The molecule has 4 rings (SSSR count). The fourth-order valence-electron chi connectivity index (χ4n) is 4.09. The van der Waals surface area contributed by atoms with Gasteiger partial charge in [0, 0.05) is 39.3 Å². The van der Waals surface area contributed by atoms with Crippen LogP contribution in [-0.4, -0.2) is 72.2 Å². The van der Waals surface area contributed by atoms with Crippen LogP contribution in [0.1, 0.15) is 28.9 Å². The number of anilines is 1. The predicted molar refractivity (Wildman–Crippen MR) is 111 cm³/mol. The Morgan fingerprint density at radius 3 is 2.29 bits per heavy atom. The van der Waals surface area contributed by atoms with E-state index in [-0.39, 0.29) is 5.91 Å². The van der Waals surface area contributed by atoms with Crippen molar-refractivity contribution < 1.29 is 4.79 Å². The van der Waals surface area contributed by atoms with E-state index >= 15 is 0 Å². The van der Waals surface area contributed by atoms with Crippen molar-refractivity contribution >= 4 is 11.7 Å². The minimum absolute atomic E-state index is 0.00980. The van der Waals surface area contributed by atoms with Crippen molar-refractivity contribution in [3.63, 3.8) is 0 Å². The van der Waals surface area contributed by atoms with Gasteiger partial charge in [-0.25, -0.2) is 0 Å². The minimum Gasteiger partial charge on any atom is -0.353 e.